The van der Waals surface area contributed by atoms with Gasteiger partial charge >= 0.3 is 0 Å². The van der Waals surface area contributed by atoms with E-state index >= 15 is 0 Å². The molecule has 2 amide bonds. The Morgan fingerprint density at radius 2 is 1.81 bits per heavy atom. The molecule has 0 radical (unpaired) electrons. The lowest BCUT2D eigenvalue weighted by atomic mass is 10.1. The zero-order valence-corrected chi connectivity index (χ0v) is 20.1. The van der Waals surface area contributed by atoms with Crippen LogP contribution in [0.5, 0.6) is 0 Å². The summed E-state index contributed by atoms with van der Waals surface area (Å²) in [5, 5.41) is 0. The lowest BCUT2D eigenvalue weighted by Gasteiger charge is -2.31. The van der Waals surface area contributed by atoms with E-state index in [1.165, 1.54) is 5.56 Å². The molecule has 1 heterocycles. The molecule has 32 heavy (non-hydrogen) atoms. The molecule has 0 aliphatic carbocycles. The second-order valence-electron chi connectivity index (χ2n) is 8.30. The maximum Gasteiger partial charge on any atom is 0.242 e. The highest BCUT2D eigenvalue weighted by atomic mass is 16.5. The van der Waals surface area contributed by atoms with Crippen molar-refractivity contribution in [2.45, 2.75) is 65.6 Å². The molecule has 6 nitrogen and oxygen atoms in total. The number of benzene rings is 1. The Kier molecular flexibility index (Phi) is 11.0. The molecular weight excluding hydrogens is 402 g/mol. The standard InChI is InChI=1S/C26H39N3O3/c1-5-7-15-25(30)29(22(3)6-2)21-26(31)28(17-18-32-4)20-24-14-11-16-27(24)19-23-12-9-8-10-13-23/h8-14,16,22H,5-7,15,17-21H2,1-4H3. The number of unbranched alkanes of at least 4 members (excludes halogenated alkanes) is 1. The Labute approximate surface area is 193 Å². The first-order valence-corrected chi connectivity index (χ1v) is 11.7. The van der Waals surface area contributed by atoms with Gasteiger partial charge in [-0.05, 0) is 37.5 Å². The third-order valence-electron chi connectivity index (χ3n) is 5.88. The van der Waals surface area contributed by atoms with E-state index in [0.29, 0.717) is 26.1 Å². The largest absolute Gasteiger partial charge is 0.383 e. The van der Waals surface area contributed by atoms with Gasteiger partial charge in [0, 0.05) is 44.6 Å². The Hall–Kier alpha value is -2.60. The minimum Gasteiger partial charge on any atom is -0.383 e. The Morgan fingerprint density at radius 1 is 1.06 bits per heavy atom. The van der Waals surface area contributed by atoms with Crippen molar-refractivity contribution in [2.75, 3.05) is 26.8 Å². The summed E-state index contributed by atoms with van der Waals surface area (Å²) in [5.74, 6) is 0.0216. The van der Waals surface area contributed by atoms with Gasteiger partial charge in [-0.1, -0.05) is 50.6 Å². The van der Waals surface area contributed by atoms with Gasteiger partial charge in [-0.2, -0.15) is 0 Å². The van der Waals surface area contributed by atoms with Crippen LogP contribution in [0.3, 0.4) is 0 Å². The first-order chi connectivity index (χ1) is 15.5. The molecule has 0 saturated heterocycles. The van der Waals surface area contributed by atoms with Crippen LogP contribution in [0.25, 0.3) is 0 Å². The molecule has 1 aromatic carbocycles. The molecule has 0 fully saturated rings. The van der Waals surface area contributed by atoms with Gasteiger partial charge < -0.3 is 19.1 Å². The van der Waals surface area contributed by atoms with Crippen molar-refractivity contribution in [2.24, 2.45) is 0 Å². The normalized spacial score (nSPS) is 11.9. The second kappa shape index (κ2) is 13.7. The molecule has 1 aromatic heterocycles. The van der Waals surface area contributed by atoms with Crippen LogP contribution in [-0.2, 0) is 27.4 Å². The van der Waals surface area contributed by atoms with E-state index in [4.69, 9.17) is 4.74 Å². The molecule has 0 saturated carbocycles. The van der Waals surface area contributed by atoms with Gasteiger partial charge in [0.1, 0.15) is 6.54 Å². The maximum absolute atomic E-state index is 13.3. The monoisotopic (exact) mass is 441 g/mol. The molecule has 0 aliphatic heterocycles. The van der Waals surface area contributed by atoms with Crippen molar-refractivity contribution in [1.82, 2.24) is 14.4 Å². The van der Waals surface area contributed by atoms with E-state index in [2.05, 4.69) is 36.6 Å². The molecule has 2 aromatic rings. The minimum atomic E-state index is -0.0420. The molecule has 2 rings (SSSR count). The van der Waals surface area contributed by atoms with E-state index in [9.17, 15) is 9.59 Å². The van der Waals surface area contributed by atoms with E-state index in [1.54, 1.807) is 12.0 Å². The van der Waals surface area contributed by atoms with E-state index in [-0.39, 0.29) is 24.4 Å². The van der Waals surface area contributed by atoms with Gasteiger partial charge in [0.25, 0.3) is 0 Å². The summed E-state index contributed by atoms with van der Waals surface area (Å²) in [7, 11) is 1.64. The summed E-state index contributed by atoms with van der Waals surface area (Å²) in [4.78, 5) is 29.7. The summed E-state index contributed by atoms with van der Waals surface area (Å²) in [6, 6.07) is 14.4. The molecule has 1 atom stereocenters. The lowest BCUT2D eigenvalue weighted by molar-refractivity contribution is -0.143. The number of nitrogens with zero attached hydrogens (tertiary/aromatic N) is 3. The van der Waals surface area contributed by atoms with Crippen molar-refractivity contribution in [3.63, 3.8) is 0 Å². The van der Waals surface area contributed by atoms with Gasteiger partial charge in [0.05, 0.1) is 13.2 Å². The fourth-order valence-electron chi connectivity index (χ4n) is 3.64. The molecule has 176 valence electrons. The zero-order chi connectivity index (χ0) is 23.3. The van der Waals surface area contributed by atoms with Crippen molar-refractivity contribution in [1.29, 1.82) is 0 Å². The molecule has 0 N–H and O–H groups in total. The molecule has 0 bridgehead atoms. The van der Waals surface area contributed by atoms with Crippen LogP contribution in [0, 0.1) is 0 Å². The fourth-order valence-corrected chi connectivity index (χ4v) is 3.64. The maximum atomic E-state index is 13.3. The lowest BCUT2D eigenvalue weighted by Crippen LogP contribution is -2.47. The number of carbonyl (C=O) groups excluding carboxylic acids is 2. The van der Waals surface area contributed by atoms with Gasteiger partial charge in [-0.3, -0.25) is 9.59 Å². The van der Waals surface area contributed by atoms with Crippen molar-refractivity contribution in [3.8, 4) is 0 Å². The highest BCUT2D eigenvalue weighted by molar-refractivity contribution is 5.85. The summed E-state index contributed by atoms with van der Waals surface area (Å²) >= 11 is 0. The third kappa shape index (κ3) is 7.83. The van der Waals surface area contributed by atoms with Crippen LogP contribution < -0.4 is 0 Å². The summed E-state index contributed by atoms with van der Waals surface area (Å²) in [6.07, 6.45) is 5.17. The fraction of sp³-hybridized carbons (Fsp3) is 0.538. The zero-order valence-electron chi connectivity index (χ0n) is 20.1. The van der Waals surface area contributed by atoms with E-state index in [1.807, 2.05) is 42.3 Å². The van der Waals surface area contributed by atoms with E-state index in [0.717, 1.165) is 31.5 Å². The van der Waals surface area contributed by atoms with Crippen LogP contribution in [-0.4, -0.2) is 59.0 Å². The van der Waals surface area contributed by atoms with Crippen molar-refractivity contribution in [3.05, 3.63) is 59.9 Å². The first kappa shape index (κ1) is 25.7. The number of amides is 2. The number of aromatic nitrogens is 1. The average molecular weight is 442 g/mol. The third-order valence-corrected chi connectivity index (χ3v) is 5.88. The minimum absolute atomic E-state index is 0.0366. The average Bonchev–Trinajstić information content (AvgIpc) is 3.24. The topological polar surface area (TPSA) is 54.8 Å². The number of hydrogen-bond donors (Lipinski definition) is 0. The van der Waals surface area contributed by atoms with Crippen LogP contribution >= 0.6 is 0 Å². The van der Waals surface area contributed by atoms with Gasteiger partial charge in [-0.25, -0.2) is 0 Å². The summed E-state index contributed by atoms with van der Waals surface area (Å²) in [5.41, 5.74) is 2.27. The molecule has 1 unspecified atom stereocenters. The molecule has 6 heteroatoms. The van der Waals surface area contributed by atoms with Crippen molar-refractivity contribution >= 4 is 11.8 Å². The van der Waals surface area contributed by atoms with Gasteiger partial charge in [-0.15, -0.1) is 0 Å². The quantitative estimate of drug-likeness (QED) is 0.438. The summed E-state index contributed by atoms with van der Waals surface area (Å²) in [6.45, 7) is 8.44. The Bertz CT molecular complexity index is 819. The SMILES string of the molecule is CCCCC(=O)N(CC(=O)N(CCOC)Cc1cccn1Cc1ccccc1)C(C)CC. The van der Waals surface area contributed by atoms with Crippen LogP contribution in [0.15, 0.2) is 48.7 Å². The van der Waals surface area contributed by atoms with Gasteiger partial charge in [0.15, 0.2) is 0 Å². The number of ether oxygens (including phenoxy) is 1. The van der Waals surface area contributed by atoms with Crippen molar-refractivity contribution < 1.29 is 14.3 Å². The number of methoxy groups -OCH3 is 1. The van der Waals surface area contributed by atoms with Crippen LogP contribution in [0.4, 0.5) is 0 Å². The Morgan fingerprint density at radius 3 is 2.47 bits per heavy atom. The number of hydrogen-bond acceptors (Lipinski definition) is 3. The Balaban J connectivity index is 2.14. The highest BCUT2D eigenvalue weighted by Crippen LogP contribution is 2.13. The predicted molar refractivity (Wildman–Crippen MR) is 128 cm³/mol. The molecular formula is C26H39N3O3. The van der Waals surface area contributed by atoms with E-state index < -0.39 is 0 Å². The smallest absolute Gasteiger partial charge is 0.242 e. The first-order valence-electron chi connectivity index (χ1n) is 11.7. The van der Waals surface area contributed by atoms with Crippen LogP contribution in [0.2, 0.25) is 0 Å². The second-order valence-corrected chi connectivity index (χ2v) is 8.30. The predicted octanol–water partition coefficient (Wildman–Crippen LogP) is 4.33. The molecule has 0 aliphatic rings. The number of carbonyl (C=O) groups is 2. The summed E-state index contributed by atoms with van der Waals surface area (Å²) < 4.78 is 7.43. The van der Waals surface area contributed by atoms with Gasteiger partial charge in [0.2, 0.25) is 11.8 Å². The van der Waals surface area contributed by atoms with Crippen LogP contribution in [0.1, 0.15) is 57.7 Å². The highest BCUT2D eigenvalue weighted by Gasteiger charge is 2.24. The number of rotatable bonds is 14. The molecule has 0 spiro atoms.